The summed E-state index contributed by atoms with van der Waals surface area (Å²) in [5.41, 5.74) is 4.98. The number of amides is 1. The van der Waals surface area contributed by atoms with Crippen LogP contribution in [0.25, 0.3) is 22.2 Å². The van der Waals surface area contributed by atoms with Gasteiger partial charge in [-0.1, -0.05) is 49.9 Å². The van der Waals surface area contributed by atoms with Crippen molar-refractivity contribution in [2.24, 2.45) is 17.8 Å². The molecule has 42 heavy (non-hydrogen) atoms. The lowest BCUT2D eigenvalue weighted by Gasteiger charge is -2.48. The van der Waals surface area contributed by atoms with Gasteiger partial charge in [0.1, 0.15) is 0 Å². The van der Waals surface area contributed by atoms with Gasteiger partial charge in [0, 0.05) is 41.7 Å². The lowest BCUT2D eigenvalue weighted by Crippen LogP contribution is -2.59. The topological polar surface area (TPSA) is 90.5 Å². The first kappa shape index (κ1) is 28.1. The number of H-pyrrole nitrogens is 1. The Morgan fingerprint density at radius 2 is 1.83 bits per heavy atom. The molecule has 1 aromatic heterocycles. The molecule has 2 aromatic carbocycles. The van der Waals surface area contributed by atoms with E-state index in [1.165, 1.54) is 44.1 Å². The Bertz CT molecular complexity index is 1370. The summed E-state index contributed by atoms with van der Waals surface area (Å²) in [4.78, 5) is 16.0. The fourth-order valence-electron chi connectivity index (χ4n) is 8.70. The zero-order chi connectivity index (χ0) is 28.5. The number of aromatic amines is 1. The highest BCUT2D eigenvalue weighted by atomic mass is 16.5. The number of morpholine rings is 1. The number of hydrogen-bond donors (Lipinski definition) is 3. The molecule has 1 saturated heterocycles. The number of aliphatic hydroxyl groups is 1. The van der Waals surface area contributed by atoms with E-state index in [0.29, 0.717) is 29.9 Å². The summed E-state index contributed by atoms with van der Waals surface area (Å²) in [7, 11) is 0. The molecule has 224 valence electrons. The first-order chi connectivity index (χ1) is 20.6. The summed E-state index contributed by atoms with van der Waals surface area (Å²) in [6.45, 7) is 4.14. The molecule has 2 bridgehead atoms. The van der Waals surface area contributed by atoms with Gasteiger partial charge in [-0.05, 0) is 86.5 Å². The zero-order valence-corrected chi connectivity index (χ0v) is 24.8. The molecule has 4 saturated carbocycles. The molecule has 3 aromatic rings. The normalized spacial score (nSPS) is 28.0. The van der Waals surface area contributed by atoms with Crippen molar-refractivity contribution in [3.8, 4) is 11.3 Å². The van der Waals surface area contributed by atoms with Crippen LogP contribution in [0.5, 0.6) is 0 Å². The van der Waals surface area contributed by atoms with Crippen LogP contribution in [0.3, 0.4) is 0 Å². The Balaban J connectivity index is 1.05. The first-order valence-electron chi connectivity index (χ1n) is 16.4. The van der Waals surface area contributed by atoms with Gasteiger partial charge in [0.05, 0.1) is 30.5 Å². The monoisotopic (exact) mass is 570 g/mol. The summed E-state index contributed by atoms with van der Waals surface area (Å²) >= 11 is 0. The number of fused-ring (bicyclic) bond motifs is 5. The van der Waals surface area contributed by atoms with E-state index in [1.54, 1.807) is 0 Å². The minimum Gasteiger partial charge on any atom is -0.393 e. The van der Waals surface area contributed by atoms with Crippen LogP contribution in [0.2, 0.25) is 0 Å². The maximum Gasteiger partial charge on any atom is 0.251 e. The lowest BCUT2D eigenvalue weighted by atomic mass is 9.73. The lowest BCUT2D eigenvalue weighted by molar-refractivity contribution is -0.0361. The average Bonchev–Trinajstić information content (AvgIpc) is 3.29. The van der Waals surface area contributed by atoms with Gasteiger partial charge in [-0.25, -0.2) is 0 Å². The Hall–Kier alpha value is -2.74. The van der Waals surface area contributed by atoms with Gasteiger partial charge in [-0.2, -0.15) is 5.10 Å². The largest absolute Gasteiger partial charge is 0.393 e. The summed E-state index contributed by atoms with van der Waals surface area (Å²) < 4.78 is 5.62. The molecule has 7 nitrogen and oxygen atoms in total. The van der Waals surface area contributed by atoms with E-state index in [9.17, 15) is 9.90 Å². The van der Waals surface area contributed by atoms with Crippen LogP contribution in [-0.4, -0.2) is 70.6 Å². The number of hydrogen-bond acceptors (Lipinski definition) is 5. The van der Waals surface area contributed by atoms with Crippen LogP contribution >= 0.6 is 0 Å². The number of nitrogens with one attached hydrogen (secondary N) is 2. The van der Waals surface area contributed by atoms with E-state index in [4.69, 9.17) is 4.74 Å². The van der Waals surface area contributed by atoms with Gasteiger partial charge in [0.25, 0.3) is 5.91 Å². The van der Waals surface area contributed by atoms with Crippen molar-refractivity contribution in [1.82, 2.24) is 20.4 Å². The van der Waals surface area contributed by atoms with Crippen molar-refractivity contribution in [2.75, 3.05) is 32.8 Å². The van der Waals surface area contributed by atoms with Crippen molar-refractivity contribution in [3.05, 3.63) is 53.6 Å². The van der Waals surface area contributed by atoms with E-state index in [2.05, 4.69) is 44.7 Å². The number of rotatable bonds is 7. The van der Waals surface area contributed by atoms with Gasteiger partial charge in [0.2, 0.25) is 0 Å². The summed E-state index contributed by atoms with van der Waals surface area (Å²) in [6, 6.07) is 14.7. The molecule has 3 N–H and O–H groups in total. The molecule has 1 aliphatic heterocycles. The fourth-order valence-corrected chi connectivity index (χ4v) is 8.70. The predicted molar refractivity (Wildman–Crippen MR) is 165 cm³/mol. The third kappa shape index (κ3) is 5.76. The Morgan fingerprint density at radius 1 is 1.02 bits per heavy atom. The molecular formula is C35H46N4O3. The van der Waals surface area contributed by atoms with Gasteiger partial charge in [-0.15, -0.1) is 0 Å². The number of aromatic nitrogens is 2. The van der Waals surface area contributed by atoms with Crippen molar-refractivity contribution < 1.29 is 14.6 Å². The van der Waals surface area contributed by atoms with Gasteiger partial charge >= 0.3 is 0 Å². The maximum atomic E-state index is 13.5. The highest BCUT2D eigenvalue weighted by Gasteiger charge is 2.39. The van der Waals surface area contributed by atoms with Crippen LogP contribution in [-0.2, 0) is 11.2 Å². The minimum absolute atomic E-state index is 0.0135. The molecule has 7 heteroatoms. The van der Waals surface area contributed by atoms with Crippen molar-refractivity contribution in [1.29, 1.82) is 0 Å². The molecule has 0 radical (unpaired) electrons. The van der Waals surface area contributed by atoms with E-state index >= 15 is 0 Å². The van der Waals surface area contributed by atoms with Gasteiger partial charge < -0.3 is 15.2 Å². The van der Waals surface area contributed by atoms with E-state index in [0.717, 1.165) is 80.6 Å². The van der Waals surface area contributed by atoms with Crippen LogP contribution < -0.4 is 5.32 Å². The number of benzene rings is 2. The molecule has 4 atom stereocenters. The van der Waals surface area contributed by atoms with Crippen molar-refractivity contribution >= 4 is 16.8 Å². The first-order valence-corrected chi connectivity index (χ1v) is 16.4. The minimum atomic E-state index is -0.104. The fraction of sp³-hybridized carbons (Fsp3) is 0.600. The van der Waals surface area contributed by atoms with Crippen LogP contribution in [0, 0.1) is 17.8 Å². The van der Waals surface area contributed by atoms with Crippen molar-refractivity contribution in [3.63, 3.8) is 0 Å². The molecule has 1 amide bonds. The van der Waals surface area contributed by atoms with E-state index in [1.807, 2.05) is 18.2 Å². The molecular weight excluding hydrogens is 524 g/mol. The Morgan fingerprint density at radius 3 is 2.64 bits per heavy atom. The average molecular weight is 571 g/mol. The maximum absolute atomic E-state index is 13.5. The summed E-state index contributed by atoms with van der Waals surface area (Å²) in [5.74, 6) is 2.01. The third-order valence-corrected chi connectivity index (χ3v) is 11.0. The molecule has 5 aliphatic rings. The van der Waals surface area contributed by atoms with Crippen LogP contribution in [0.1, 0.15) is 80.1 Å². The third-order valence-electron chi connectivity index (χ3n) is 11.0. The molecule has 4 aliphatic carbocycles. The van der Waals surface area contributed by atoms with E-state index in [-0.39, 0.29) is 17.6 Å². The van der Waals surface area contributed by atoms with E-state index < -0.39 is 0 Å². The van der Waals surface area contributed by atoms with Gasteiger partial charge in [-0.3, -0.25) is 14.8 Å². The number of carbonyl (C=O) groups is 1. The molecule has 2 heterocycles. The molecule has 4 unspecified atom stereocenters. The van der Waals surface area contributed by atoms with Crippen LogP contribution in [0.15, 0.2) is 42.5 Å². The predicted octanol–water partition coefficient (Wildman–Crippen LogP) is 5.72. The SMILES string of the molecule is O=C(NCC1(N2CCOCC2)CCCCC1)c1ccc2[nH]nc(-c3ccc(CC4CC5CCC4CC(O)C5)cc3)c2c1. The highest BCUT2D eigenvalue weighted by molar-refractivity contribution is 6.01. The highest BCUT2D eigenvalue weighted by Crippen LogP contribution is 2.44. The van der Waals surface area contributed by atoms with Gasteiger partial charge in [0.15, 0.2) is 0 Å². The summed E-state index contributed by atoms with van der Waals surface area (Å²) in [5, 5.41) is 22.5. The second-order valence-corrected chi connectivity index (χ2v) is 13.6. The Kier molecular flexibility index (Phi) is 8.08. The number of aliphatic hydroxyl groups excluding tert-OH is 1. The number of carbonyl (C=O) groups excluding carboxylic acids is 1. The molecule has 8 rings (SSSR count). The van der Waals surface area contributed by atoms with Crippen LogP contribution in [0.4, 0.5) is 0 Å². The number of ether oxygens (including phenoxy) is 1. The standard InChI is InChI=1S/C35H46N4O3/c40-30-20-25-6-9-27(21-30)29(19-25)18-24-4-7-26(8-5-24)33-31-22-28(10-11-32(31)37-38-33)34(41)36-23-35(12-2-1-3-13-35)39-14-16-42-17-15-39/h4-5,7-8,10-11,22,25,27,29-30,40H,1-3,6,9,12-21,23H2,(H,36,41)(H,37,38). The molecule has 5 fully saturated rings. The second-order valence-electron chi connectivity index (χ2n) is 13.6. The van der Waals surface area contributed by atoms with Crippen molar-refractivity contribution in [2.45, 2.75) is 82.3 Å². The zero-order valence-electron chi connectivity index (χ0n) is 24.8. The number of nitrogens with zero attached hydrogens (tertiary/aromatic N) is 2. The second kappa shape index (κ2) is 12.1. The Labute approximate surface area is 249 Å². The summed E-state index contributed by atoms with van der Waals surface area (Å²) in [6.07, 6.45) is 12.8. The quantitative estimate of drug-likeness (QED) is 0.338. The molecule has 0 spiro atoms. The smallest absolute Gasteiger partial charge is 0.251 e.